The number of aromatic nitrogens is 3. The molecule has 0 saturated heterocycles. The molecule has 0 bridgehead atoms. The lowest BCUT2D eigenvalue weighted by Crippen LogP contribution is -2.19. The molecule has 10 heteroatoms. The second-order valence-electron chi connectivity index (χ2n) is 6.63. The Hall–Kier alpha value is -4.05. The van der Waals surface area contributed by atoms with Gasteiger partial charge in [-0.2, -0.15) is 5.10 Å². The third-order valence-electron chi connectivity index (χ3n) is 4.36. The number of H-pyrrole nitrogens is 1. The summed E-state index contributed by atoms with van der Waals surface area (Å²) in [6, 6.07) is 16.5. The van der Waals surface area contributed by atoms with Crippen LogP contribution in [0.4, 0.5) is 15.6 Å². The Kier molecular flexibility index (Phi) is 5.99. The average molecular weight is 433 g/mol. The summed E-state index contributed by atoms with van der Waals surface area (Å²) in [4.78, 5) is 27.5. The molecule has 0 unspecified atom stereocenters. The van der Waals surface area contributed by atoms with Crippen molar-refractivity contribution in [2.45, 2.75) is 13.3 Å². The van der Waals surface area contributed by atoms with E-state index in [1.54, 1.807) is 18.3 Å². The van der Waals surface area contributed by atoms with E-state index >= 15 is 0 Å². The Morgan fingerprint density at radius 3 is 2.68 bits per heavy atom. The van der Waals surface area contributed by atoms with Crippen LogP contribution >= 0.6 is 11.3 Å². The van der Waals surface area contributed by atoms with Crippen LogP contribution in [0.25, 0.3) is 10.9 Å². The lowest BCUT2D eigenvalue weighted by atomic mass is 10.1. The van der Waals surface area contributed by atoms with Crippen molar-refractivity contribution >= 4 is 51.2 Å². The molecule has 0 aliphatic carbocycles. The van der Waals surface area contributed by atoms with E-state index in [1.807, 2.05) is 49.4 Å². The summed E-state index contributed by atoms with van der Waals surface area (Å²) in [5, 5.41) is 19.0. The van der Waals surface area contributed by atoms with Crippen molar-refractivity contribution in [2.75, 3.05) is 10.6 Å². The van der Waals surface area contributed by atoms with Gasteiger partial charge in [0, 0.05) is 27.8 Å². The molecule has 156 valence electrons. The van der Waals surface area contributed by atoms with Crippen LogP contribution in [0.1, 0.15) is 16.3 Å². The molecule has 0 aliphatic rings. The van der Waals surface area contributed by atoms with E-state index in [1.165, 1.54) is 0 Å². The van der Waals surface area contributed by atoms with Crippen molar-refractivity contribution in [1.82, 2.24) is 20.6 Å². The van der Waals surface area contributed by atoms with E-state index in [0.717, 1.165) is 33.5 Å². The van der Waals surface area contributed by atoms with Crippen LogP contribution in [0.5, 0.6) is 0 Å². The summed E-state index contributed by atoms with van der Waals surface area (Å²) < 4.78 is 0. The van der Waals surface area contributed by atoms with E-state index in [2.05, 4.69) is 36.3 Å². The summed E-state index contributed by atoms with van der Waals surface area (Å²) in [5.41, 5.74) is 6.06. The molecule has 2 aromatic heterocycles. The first-order chi connectivity index (χ1) is 15.1. The monoisotopic (exact) mass is 433 g/mol. The summed E-state index contributed by atoms with van der Waals surface area (Å²) in [7, 11) is 0. The van der Waals surface area contributed by atoms with Gasteiger partial charge in [0.25, 0.3) is 0 Å². The highest BCUT2D eigenvalue weighted by Crippen LogP contribution is 2.20. The van der Waals surface area contributed by atoms with Crippen molar-refractivity contribution in [3.8, 4) is 0 Å². The number of hydrazone groups is 1. The highest BCUT2D eigenvalue weighted by molar-refractivity contribution is 7.15. The van der Waals surface area contributed by atoms with Gasteiger partial charge in [-0.3, -0.25) is 10.1 Å². The van der Waals surface area contributed by atoms with Crippen molar-refractivity contribution in [3.63, 3.8) is 0 Å². The van der Waals surface area contributed by atoms with Gasteiger partial charge < -0.3 is 10.3 Å². The smallest absolute Gasteiger partial charge is 0.325 e. The summed E-state index contributed by atoms with van der Waals surface area (Å²) in [5.74, 6) is -0.329. The van der Waals surface area contributed by atoms with Gasteiger partial charge in [0.2, 0.25) is 11.0 Å². The van der Waals surface area contributed by atoms with E-state index < -0.39 is 6.03 Å². The van der Waals surface area contributed by atoms with Gasteiger partial charge in [-0.1, -0.05) is 47.7 Å². The van der Waals surface area contributed by atoms with Gasteiger partial charge in [-0.15, -0.1) is 10.2 Å². The Bertz CT molecular complexity index is 1250. The number of fused-ring (bicyclic) bond motifs is 1. The van der Waals surface area contributed by atoms with Crippen LogP contribution in [0, 0.1) is 6.92 Å². The molecule has 2 aromatic carbocycles. The van der Waals surface area contributed by atoms with E-state index in [9.17, 15) is 9.59 Å². The molecule has 0 radical (unpaired) electrons. The fraction of sp³-hybridized carbons (Fsp3) is 0.0952. The number of hydrogen-bond donors (Lipinski definition) is 4. The highest BCUT2D eigenvalue weighted by Gasteiger charge is 2.12. The molecule has 0 aliphatic heterocycles. The second kappa shape index (κ2) is 9.18. The fourth-order valence-corrected chi connectivity index (χ4v) is 3.70. The Morgan fingerprint density at radius 1 is 1.06 bits per heavy atom. The number of anilines is 2. The topological polar surface area (TPSA) is 124 Å². The first-order valence-corrected chi connectivity index (χ1v) is 10.2. The number of nitrogens with one attached hydrogen (secondary N) is 4. The number of urea groups is 1. The van der Waals surface area contributed by atoms with Crippen LogP contribution in [-0.4, -0.2) is 33.3 Å². The van der Waals surface area contributed by atoms with Gasteiger partial charge in [-0.05, 0) is 25.1 Å². The number of rotatable bonds is 6. The number of aryl methyl sites for hydroxylation is 1. The number of carbonyl (C=O) groups is 2. The molecule has 0 atom stereocenters. The van der Waals surface area contributed by atoms with E-state index in [0.29, 0.717) is 15.8 Å². The molecule has 0 saturated carbocycles. The normalized spacial score (nSPS) is 11.0. The molecule has 0 spiro atoms. The Balaban J connectivity index is 1.30. The van der Waals surface area contributed by atoms with Gasteiger partial charge in [0.1, 0.15) is 5.01 Å². The number of amides is 3. The first-order valence-electron chi connectivity index (χ1n) is 9.43. The zero-order valence-corrected chi connectivity index (χ0v) is 17.4. The highest BCUT2D eigenvalue weighted by atomic mass is 32.1. The zero-order valence-electron chi connectivity index (χ0n) is 16.5. The Labute approximate surface area is 181 Å². The predicted octanol–water partition coefficient (Wildman–Crippen LogP) is 3.66. The number of nitrogens with zero attached hydrogens (tertiary/aromatic N) is 3. The lowest BCUT2D eigenvalue weighted by Gasteiger charge is -2.03. The van der Waals surface area contributed by atoms with E-state index in [-0.39, 0.29) is 12.3 Å². The maximum Gasteiger partial charge on any atom is 0.325 e. The molecule has 2 heterocycles. The molecule has 31 heavy (non-hydrogen) atoms. The SMILES string of the molecule is Cc1[nH]c2ccccc2c1/C=N/NC(=O)Cc1nnc(NC(=O)Nc2ccccc2)s1. The van der Waals surface area contributed by atoms with Gasteiger partial charge in [0.05, 0.1) is 12.6 Å². The molecule has 4 rings (SSSR count). The maximum atomic E-state index is 12.2. The lowest BCUT2D eigenvalue weighted by molar-refractivity contribution is -0.120. The molecular weight excluding hydrogens is 414 g/mol. The number of para-hydroxylation sites is 2. The molecule has 4 N–H and O–H groups in total. The molecule has 9 nitrogen and oxygen atoms in total. The minimum atomic E-state index is -0.433. The van der Waals surface area contributed by atoms with Gasteiger partial charge in [-0.25, -0.2) is 10.2 Å². The molecule has 4 aromatic rings. The van der Waals surface area contributed by atoms with Crippen LogP contribution < -0.4 is 16.1 Å². The van der Waals surface area contributed by atoms with Crippen LogP contribution in [0.2, 0.25) is 0 Å². The maximum absolute atomic E-state index is 12.2. The summed E-state index contributed by atoms with van der Waals surface area (Å²) >= 11 is 1.12. The fourth-order valence-electron chi connectivity index (χ4n) is 2.97. The van der Waals surface area contributed by atoms with Crippen molar-refractivity contribution in [3.05, 3.63) is 70.9 Å². The quantitative estimate of drug-likeness (QED) is 0.274. The van der Waals surface area contributed by atoms with E-state index in [4.69, 9.17) is 0 Å². The third kappa shape index (κ3) is 5.11. The molecule has 3 amide bonds. The number of aromatic amines is 1. The zero-order chi connectivity index (χ0) is 21.6. The van der Waals surface area contributed by atoms with Gasteiger partial charge >= 0.3 is 6.03 Å². The van der Waals surface area contributed by atoms with Crippen molar-refractivity contribution in [2.24, 2.45) is 5.10 Å². The predicted molar refractivity (Wildman–Crippen MR) is 121 cm³/mol. The summed E-state index contributed by atoms with van der Waals surface area (Å²) in [6.07, 6.45) is 1.62. The minimum absolute atomic E-state index is 0.00383. The number of hydrogen-bond acceptors (Lipinski definition) is 6. The third-order valence-corrected chi connectivity index (χ3v) is 5.20. The van der Waals surface area contributed by atoms with Crippen LogP contribution in [-0.2, 0) is 11.2 Å². The molecule has 0 fully saturated rings. The largest absolute Gasteiger partial charge is 0.358 e. The van der Waals surface area contributed by atoms with Crippen molar-refractivity contribution < 1.29 is 9.59 Å². The minimum Gasteiger partial charge on any atom is -0.358 e. The summed E-state index contributed by atoms with van der Waals surface area (Å²) in [6.45, 7) is 1.95. The van der Waals surface area contributed by atoms with Crippen LogP contribution in [0.15, 0.2) is 59.7 Å². The second-order valence-corrected chi connectivity index (χ2v) is 7.69. The average Bonchev–Trinajstić information content (AvgIpc) is 3.32. The number of carbonyl (C=O) groups excluding carboxylic acids is 2. The standard InChI is InChI=1S/C21H19N7O2S/c1-13-16(15-9-5-6-10-17(15)23-13)12-22-26-18(29)11-19-27-28-21(31-19)25-20(30)24-14-7-3-2-4-8-14/h2-10,12,23H,11H2,1H3,(H,26,29)(H2,24,25,28,30)/b22-12+. The number of benzene rings is 2. The first kappa shape index (κ1) is 20.2. The van der Waals surface area contributed by atoms with Crippen LogP contribution in [0.3, 0.4) is 0 Å². The molecular formula is C21H19N7O2S. The van der Waals surface area contributed by atoms with Gasteiger partial charge in [0.15, 0.2) is 0 Å². The Morgan fingerprint density at radius 2 is 1.84 bits per heavy atom. The van der Waals surface area contributed by atoms with Crippen molar-refractivity contribution in [1.29, 1.82) is 0 Å².